The van der Waals surface area contributed by atoms with Crippen LogP contribution in [0.5, 0.6) is 0 Å². The van der Waals surface area contributed by atoms with Crippen LogP contribution in [0, 0.1) is 16.7 Å². The Bertz CT molecular complexity index is 647. The summed E-state index contributed by atoms with van der Waals surface area (Å²) in [7, 11) is -3.76. The van der Waals surface area contributed by atoms with E-state index in [4.69, 9.17) is 28.9 Å². The Morgan fingerprint density at radius 2 is 1.57 bits per heavy atom. The maximum absolute atomic E-state index is 12.4. The Labute approximate surface area is 136 Å². The molecule has 1 aromatic rings. The summed E-state index contributed by atoms with van der Waals surface area (Å²) in [6.45, 7) is 8.90. The molecule has 1 aliphatic carbocycles. The number of hydrogen-bond acceptors (Lipinski definition) is 3. The van der Waals surface area contributed by atoms with Gasteiger partial charge in [0.1, 0.15) is 4.90 Å². The second kappa shape index (κ2) is 5.01. The van der Waals surface area contributed by atoms with E-state index in [0.717, 1.165) is 0 Å². The van der Waals surface area contributed by atoms with Crippen LogP contribution < -0.4 is 10.5 Å². The largest absolute Gasteiger partial charge is 0.399 e. The first-order valence-corrected chi connectivity index (χ1v) is 8.89. The van der Waals surface area contributed by atoms with Gasteiger partial charge in [-0.1, -0.05) is 50.9 Å². The Hall–Kier alpha value is -0.490. The number of nitrogens with two attached hydrogens (primary N) is 1. The summed E-state index contributed by atoms with van der Waals surface area (Å²) in [6.07, 6.45) is 0. The van der Waals surface area contributed by atoms with Crippen LogP contribution in [0.3, 0.4) is 0 Å². The number of nitrogen functional groups attached to an aromatic ring is 1. The first kappa shape index (κ1) is 16.9. The van der Waals surface area contributed by atoms with Gasteiger partial charge in [0, 0.05) is 12.2 Å². The number of hydrogen-bond donors (Lipinski definition) is 2. The van der Waals surface area contributed by atoms with Gasteiger partial charge in [0.05, 0.1) is 10.0 Å². The molecular weight excluding hydrogens is 331 g/mol. The second-order valence-electron chi connectivity index (χ2n) is 6.66. The molecule has 0 amide bonds. The molecule has 0 heterocycles. The van der Waals surface area contributed by atoms with Crippen molar-refractivity contribution in [2.45, 2.75) is 32.6 Å². The highest BCUT2D eigenvalue weighted by Crippen LogP contribution is 2.68. The van der Waals surface area contributed by atoms with E-state index in [0.29, 0.717) is 12.2 Å². The predicted molar refractivity (Wildman–Crippen MR) is 87.1 cm³/mol. The molecule has 4 nitrogen and oxygen atoms in total. The smallest absolute Gasteiger partial charge is 0.243 e. The van der Waals surface area contributed by atoms with E-state index in [2.05, 4.69) is 32.4 Å². The molecular formula is C14H20Cl2N2O2S. The second-order valence-corrected chi connectivity index (χ2v) is 9.18. The van der Waals surface area contributed by atoms with Crippen molar-refractivity contribution in [3.63, 3.8) is 0 Å². The van der Waals surface area contributed by atoms with Gasteiger partial charge in [-0.05, 0) is 28.9 Å². The monoisotopic (exact) mass is 350 g/mol. The van der Waals surface area contributed by atoms with Gasteiger partial charge in [0.25, 0.3) is 0 Å². The molecule has 0 aromatic heterocycles. The van der Waals surface area contributed by atoms with E-state index in [1.807, 2.05) is 0 Å². The first-order valence-electron chi connectivity index (χ1n) is 6.65. The average Bonchev–Trinajstić information content (AvgIpc) is 2.64. The van der Waals surface area contributed by atoms with Crippen molar-refractivity contribution < 1.29 is 8.42 Å². The molecule has 1 saturated carbocycles. The lowest BCUT2D eigenvalue weighted by atomic mass is 10.0. The summed E-state index contributed by atoms with van der Waals surface area (Å²) in [5.41, 5.74) is 6.12. The minimum Gasteiger partial charge on any atom is -0.399 e. The number of sulfonamides is 1. The van der Waals surface area contributed by atoms with Gasteiger partial charge < -0.3 is 5.73 Å². The van der Waals surface area contributed by atoms with Gasteiger partial charge in [-0.15, -0.1) is 0 Å². The fourth-order valence-corrected chi connectivity index (χ4v) is 5.22. The molecule has 0 radical (unpaired) electrons. The molecule has 118 valence electrons. The average molecular weight is 351 g/mol. The summed E-state index contributed by atoms with van der Waals surface area (Å²) < 4.78 is 27.4. The van der Waals surface area contributed by atoms with Crippen LogP contribution in [-0.4, -0.2) is 15.0 Å². The molecule has 3 N–H and O–H groups in total. The Kier molecular flexibility index (Phi) is 4.03. The van der Waals surface area contributed by atoms with Crippen molar-refractivity contribution in [2.75, 3.05) is 12.3 Å². The van der Waals surface area contributed by atoms with Crippen LogP contribution in [0.2, 0.25) is 10.0 Å². The Morgan fingerprint density at radius 1 is 1.14 bits per heavy atom. The predicted octanol–water partition coefficient (Wildman–Crippen LogP) is 3.54. The zero-order valence-corrected chi connectivity index (χ0v) is 14.8. The number of benzene rings is 1. The molecule has 0 saturated heterocycles. The third-order valence-corrected chi connectivity index (χ3v) is 7.43. The van der Waals surface area contributed by atoms with E-state index in [-0.39, 0.29) is 31.7 Å². The highest BCUT2D eigenvalue weighted by Gasteiger charge is 2.64. The summed E-state index contributed by atoms with van der Waals surface area (Å²) >= 11 is 12.0. The Balaban J connectivity index is 2.22. The van der Waals surface area contributed by atoms with Crippen LogP contribution in [0.1, 0.15) is 27.7 Å². The van der Waals surface area contributed by atoms with Gasteiger partial charge in [0.15, 0.2) is 0 Å². The van der Waals surface area contributed by atoms with Crippen molar-refractivity contribution in [3.8, 4) is 0 Å². The molecule has 21 heavy (non-hydrogen) atoms. The van der Waals surface area contributed by atoms with Gasteiger partial charge in [0.2, 0.25) is 10.0 Å². The number of halogens is 2. The van der Waals surface area contributed by atoms with E-state index < -0.39 is 10.0 Å². The third kappa shape index (κ3) is 2.77. The number of nitrogens with one attached hydrogen (secondary N) is 1. The lowest BCUT2D eigenvalue weighted by molar-refractivity contribution is 0.457. The van der Waals surface area contributed by atoms with Gasteiger partial charge >= 0.3 is 0 Å². The number of rotatable bonds is 4. The lowest BCUT2D eigenvalue weighted by Crippen LogP contribution is -2.28. The molecule has 0 aliphatic heterocycles. The van der Waals surface area contributed by atoms with Crippen molar-refractivity contribution in [1.29, 1.82) is 0 Å². The van der Waals surface area contributed by atoms with Crippen LogP contribution in [0.4, 0.5) is 5.69 Å². The SMILES string of the molecule is CC1(C)C(CNS(=O)(=O)c2c(Cl)cc(N)cc2Cl)C1(C)C. The third-order valence-electron chi connectivity index (χ3n) is 5.09. The molecule has 7 heteroatoms. The van der Waals surface area contributed by atoms with Crippen molar-refractivity contribution >= 4 is 38.9 Å². The van der Waals surface area contributed by atoms with Crippen molar-refractivity contribution in [2.24, 2.45) is 16.7 Å². The first-order chi connectivity index (χ1) is 9.41. The summed E-state index contributed by atoms with van der Waals surface area (Å²) in [6, 6.07) is 2.76. The van der Waals surface area contributed by atoms with Crippen molar-refractivity contribution in [3.05, 3.63) is 22.2 Å². The molecule has 1 aromatic carbocycles. The summed E-state index contributed by atoms with van der Waals surface area (Å²) in [4.78, 5) is -0.115. The zero-order chi connectivity index (χ0) is 16.2. The minimum absolute atomic E-state index is 0.0295. The highest BCUT2D eigenvalue weighted by atomic mass is 35.5. The summed E-state index contributed by atoms with van der Waals surface area (Å²) in [5.74, 6) is 0.270. The van der Waals surface area contributed by atoms with Crippen LogP contribution in [0.15, 0.2) is 17.0 Å². The van der Waals surface area contributed by atoms with E-state index in [1.54, 1.807) is 0 Å². The van der Waals surface area contributed by atoms with Crippen LogP contribution in [0.25, 0.3) is 0 Å². The maximum Gasteiger partial charge on any atom is 0.243 e. The molecule has 0 unspecified atom stereocenters. The molecule has 1 aliphatic rings. The highest BCUT2D eigenvalue weighted by molar-refractivity contribution is 7.89. The molecule has 1 fully saturated rings. The van der Waals surface area contributed by atoms with Crippen LogP contribution >= 0.6 is 23.2 Å². The quantitative estimate of drug-likeness (QED) is 0.815. The normalized spacial score (nSPS) is 20.5. The molecule has 0 spiro atoms. The lowest BCUT2D eigenvalue weighted by Gasteiger charge is -2.11. The number of anilines is 1. The molecule has 2 rings (SSSR count). The summed E-state index contributed by atoms with van der Waals surface area (Å²) in [5, 5.41) is 0.0589. The van der Waals surface area contributed by atoms with Crippen molar-refractivity contribution in [1.82, 2.24) is 4.72 Å². The topological polar surface area (TPSA) is 72.2 Å². The van der Waals surface area contributed by atoms with Gasteiger partial charge in [-0.2, -0.15) is 0 Å². The maximum atomic E-state index is 12.4. The van der Waals surface area contributed by atoms with E-state index >= 15 is 0 Å². The zero-order valence-electron chi connectivity index (χ0n) is 12.5. The van der Waals surface area contributed by atoms with Gasteiger partial charge in [-0.25, -0.2) is 13.1 Å². The fourth-order valence-electron chi connectivity index (χ4n) is 2.94. The molecule has 0 atom stereocenters. The Morgan fingerprint density at radius 3 is 1.95 bits per heavy atom. The minimum atomic E-state index is -3.76. The van der Waals surface area contributed by atoms with E-state index in [1.165, 1.54) is 12.1 Å². The van der Waals surface area contributed by atoms with Gasteiger partial charge in [-0.3, -0.25) is 0 Å². The standard InChI is InChI=1S/C14H20Cl2N2O2S/c1-13(2)11(14(13,3)4)7-18-21(19,20)12-9(15)5-8(17)6-10(12)16/h5-6,11,18H,7,17H2,1-4H3. The van der Waals surface area contributed by atoms with Crippen LogP contribution in [-0.2, 0) is 10.0 Å². The molecule has 0 bridgehead atoms. The fraction of sp³-hybridized carbons (Fsp3) is 0.571. The van der Waals surface area contributed by atoms with E-state index in [9.17, 15) is 8.42 Å².